The van der Waals surface area contributed by atoms with E-state index in [1.807, 2.05) is 12.1 Å². The van der Waals surface area contributed by atoms with Crippen LogP contribution in [-0.2, 0) is 11.3 Å². The largest absolute Gasteiger partial charge is 0.494 e. The highest BCUT2D eigenvalue weighted by Gasteiger charge is 2.32. The second-order valence-electron chi connectivity index (χ2n) is 7.79. The van der Waals surface area contributed by atoms with Crippen LogP contribution >= 0.6 is 0 Å². The van der Waals surface area contributed by atoms with Gasteiger partial charge < -0.3 is 9.64 Å². The number of nitrogens with zero attached hydrogens (tertiary/aromatic N) is 2. The average Bonchev–Trinajstić information content (AvgIpc) is 2.79. The smallest absolute Gasteiger partial charge is 0.261 e. The molecule has 0 unspecified atom stereocenters. The molecule has 3 aromatic carbocycles. The SMILES string of the molecule is COc1ccc(CN(C)C(=O)CCCN2C(=O)c3cccc4cccc(c34)C2=O)cc1F. The van der Waals surface area contributed by atoms with E-state index in [1.54, 1.807) is 37.4 Å². The number of hydrogen-bond donors (Lipinski definition) is 0. The Morgan fingerprint density at radius 3 is 2.28 bits per heavy atom. The lowest BCUT2D eigenvalue weighted by molar-refractivity contribution is -0.130. The monoisotopic (exact) mass is 434 g/mol. The van der Waals surface area contributed by atoms with Crippen molar-refractivity contribution in [1.29, 1.82) is 0 Å². The van der Waals surface area contributed by atoms with Gasteiger partial charge in [0.1, 0.15) is 0 Å². The molecule has 1 aliphatic rings. The molecule has 3 amide bonds. The Kier molecular flexibility index (Phi) is 5.90. The maximum absolute atomic E-state index is 13.9. The number of carbonyl (C=O) groups is 3. The summed E-state index contributed by atoms with van der Waals surface area (Å²) in [4.78, 5) is 41.1. The molecule has 0 aromatic heterocycles. The van der Waals surface area contributed by atoms with Gasteiger partial charge >= 0.3 is 0 Å². The standard InChI is InChI=1S/C25H23FN2O4/c1-27(15-16-11-12-21(32-2)20(26)14-16)22(29)10-5-13-28-24(30)18-8-3-6-17-7-4-9-19(23(17)18)25(28)31/h3-4,6-9,11-12,14H,5,10,13,15H2,1-2H3. The normalized spacial score (nSPS) is 12.9. The Balaban J connectivity index is 1.38. The van der Waals surface area contributed by atoms with Crippen molar-refractivity contribution in [1.82, 2.24) is 9.80 Å². The summed E-state index contributed by atoms with van der Waals surface area (Å²) in [5.74, 6) is -1.16. The molecule has 7 heteroatoms. The van der Waals surface area contributed by atoms with Crippen LogP contribution in [0.1, 0.15) is 39.1 Å². The van der Waals surface area contributed by atoms with Gasteiger partial charge in [-0.15, -0.1) is 0 Å². The number of imide groups is 1. The molecule has 3 aromatic rings. The number of rotatable bonds is 7. The Morgan fingerprint density at radius 1 is 1.03 bits per heavy atom. The van der Waals surface area contributed by atoms with E-state index in [0.29, 0.717) is 28.5 Å². The predicted molar refractivity (Wildman–Crippen MR) is 118 cm³/mol. The summed E-state index contributed by atoms with van der Waals surface area (Å²) < 4.78 is 18.8. The van der Waals surface area contributed by atoms with Crippen LogP contribution in [0.4, 0.5) is 4.39 Å². The lowest BCUT2D eigenvalue weighted by Crippen LogP contribution is -2.41. The fraction of sp³-hybridized carbons (Fsp3) is 0.240. The average molecular weight is 434 g/mol. The molecule has 6 nitrogen and oxygen atoms in total. The molecule has 4 rings (SSSR count). The summed E-state index contributed by atoms with van der Waals surface area (Å²) in [6.07, 6.45) is 0.508. The van der Waals surface area contributed by atoms with Crippen LogP contribution in [0.2, 0.25) is 0 Å². The van der Waals surface area contributed by atoms with E-state index < -0.39 is 5.82 Å². The molecule has 0 bridgehead atoms. The molecular weight excluding hydrogens is 411 g/mol. The number of amides is 3. The van der Waals surface area contributed by atoms with Gasteiger partial charge in [-0.1, -0.05) is 30.3 Å². The quantitative estimate of drug-likeness (QED) is 0.527. The first-order chi connectivity index (χ1) is 15.4. The van der Waals surface area contributed by atoms with Gasteiger partial charge in [-0.25, -0.2) is 4.39 Å². The molecule has 0 saturated heterocycles. The van der Waals surface area contributed by atoms with Gasteiger partial charge in [-0.3, -0.25) is 19.3 Å². The van der Waals surface area contributed by atoms with Gasteiger partial charge in [0.2, 0.25) is 5.91 Å². The number of carbonyl (C=O) groups excluding carboxylic acids is 3. The van der Waals surface area contributed by atoms with Crippen LogP contribution in [0.25, 0.3) is 10.8 Å². The first kappa shape index (κ1) is 21.5. The van der Waals surface area contributed by atoms with Crippen LogP contribution in [0, 0.1) is 5.82 Å². The van der Waals surface area contributed by atoms with E-state index in [4.69, 9.17) is 4.74 Å². The van der Waals surface area contributed by atoms with Crippen LogP contribution < -0.4 is 4.74 Å². The molecular formula is C25H23FN2O4. The van der Waals surface area contributed by atoms with E-state index in [-0.39, 0.29) is 43.0 Å². The van der Waals surface area contributed by atoms with Crippen LogP contribution in [-0.4, -0.2) is 48.2 Å². The van der Waals surface area contributed by atoms with Gasteiger partial charge in [0.05, 0.1) is 7.11 Å². The zero-order chi connectivity index (χ0) is 22.8. The summed E-state index contributed by atoms with van der Waals surface area (Å²) in [5, 5.41) is 1.54. The van der Waals surface area contributed by atoms with E-state index >= 15 is 0 Å². The Morgan fingerprint density at radius 2 is 1.69 bits per heavy atom. The fourth-order valence-corrected chi connectivity index (χ4v) is 4.03. The first-order valence-electron chi connectivity index (χ1n) is 10.3. The van der Waals surface area contributed by atoms with Gasteiger partial charge in [0, 0.05) is 43.1 Å². The van der Waals surface area contributed by atoms with Crippen molar-refractivity contribution in [2.75, 3.05) is 20.7 Å². The maximum atomic E-state index is 13.9. The third kappa shape index (κ3) is 3.93. The fourth-order valence-electron chi connectivity index (χ4n) is 4.03. The molecule has 0 fully saturated rings. The molecule has 32 heavy (non-hydrogen) atoms. The minimum atomic E-state index is -0.483. The van der Waals surface area contributed by atoms with E-state index in [2.05, 4.69) is 0 Å². The molecule has 0 atom stereocenters. The first-order valence-corrected chi connectivity index (χ1v) is 10.3. The van der Waals surface area contributed by atoms with Gasteiger partial charge in [0.15, 0.2) is 11.6 Å². The topological polar surface area (TPSA) is 66.9 Å². The third-order valence-corrected chi connectivity index (χ3v) is 5.69. The van der Waals surface area contributed by atoms with Crippen molar-refractivity contribution in [3.63, 3.8) is 0 Å². The van der Waals surface area contributed by atoms with Crippen LogP contribution in [0.5, 0.6) is 5.75 Å². The maximum Gasteiger partial charge on any atom is 0.261 e. The molecule has 0 saturated carbocycles. The van der Waals surface area contributed by atoms with Gasteiger partial charge in [-0.2, -0.15) is 0 Å². The molecule has 0 N–H and O–H groups in total. The lowest BCUT2D eigenvalue weighted by atomic mass is 9.94. The van der Waals surface area contributed by atoms with Gasteiger partial charge in [-0.05, 0) is 41.6 Å². The zero-order valence-electron chi connectivity index (χ0n) is 17.9. The predicted octanol–water partition coefficient (Wildman–Crippen LogP) is 4.02. The second kappa shape index (κ2) is 8.78. The van der Waals surface area contributed by atoms with Crippen molar-refractivity contribution >= 4 is 28.5 Å². The molecule has 1 heterocycles. The number of benzene rings is 3. The van der Waals surface area contributed by atoms with Crippen LogP contribution in [0.15, 0.2) is 54.6 Å². The lowest BCUT2D eigenvalue weighted by Gasteiger charge is -2.27. The van der Waals surface area contributed by atoms with E-state index in [9.17, 15) is 18.8 Å². The Labute approximate surface area is 185 Å². The van der Waals surface area contributed by atoms with E-state index in [1.165, 1.54) is 29.0 Å². The number of halogens is 1. The summed E-state index contributed by atoms with van der Waals surface area (Å²) in [6, 6.07) is 15.4. The van der Waals surface area contributed by atoms with E-state index in [0.717, 1.165) is 5.39 Å². The molecule has 0 radical (unpaired) electrons. The van der Waals surface area contributed by atoms with Crippen molar-refractivity contribution in [3.8, 4) is 5.75 Å². The molecule has 0 spiro atoms. The summed E-state index contributed by atoms with van der Waals surface area (Å²) in [6.45, 7) is 0.399. The number of ether oxygens (including phenoxy) is 1. The number of hydrogen-bond acceptors (Lipinski definition) is 4. The molecule has 164 valence electrons. The Bertz CT molecular complexity index is 1170. The summed E-state index contributed by atoms with van der Waals surface area (Å²) >= 11 is 0. The van der Waals surface area contributed by atoms with Crippen molar-refractivity contribution < 1.29 is 23.5 Å². The third-order valence-electron chi connectivity index (χ3n) is 5.69. The minimum Gasteiger partial charge on any atom is -0.494 e. The molecule has 1 aliphatic heterocycles. The summed E-state index contributed by atoms with van der Waals surface area (Å²) in [7, 11) is 3.03. The molecule has 0 aliphatic carbocycles. The number of methoxy groups -OCH3 is 1. The van der Waals surface area contributed by atoms with Crippen molar-refractivity contribution in [2.24, 2.45) is 0 Å². The van der Waals surface area contributed by atoms with Crippen molar-refractivity contribution in [3.05, 3.63) is 77.1 Å². The summed E-state index contributed by atoms with van der Waals surface area (Å²) in [5.41, 5.74) is 1.65. The van der Waals surface area contributed by atoms with Crippen molar-refractivity contribution in [2.45, 2.75) is 19.4 Å². The second-order valence-corrected chi connectivity index (χ2v) is 7.79. The highest BCUT2D eigenvalue weighted by atomic mass is 19.1. The highest BCUT2D eigenvalue weighted by molar-refractivity contribution is 6.25. The van der Waals surface area contributed by atoms with Crippen LogP contribution in [0.3, 0.4) is 0 Å². The van der Waals surface area contributed by atoms with Gasteiger partial charge in [0.25, 0.3) is 11.8 Å². The zero-order valence-corrected chi connectivity index (χ0v) is 17.9. The highest BCUT2D eigenvalue weighted by Crippen LogP contribution is 2.30. The Hall–Kier alpha value is -3.74. The minimum absolute atomic E-state index is 0.149.